The van der Waals surface area contributed by atoms with Gasteiger partial charge in [0.1, 0.15) is 29.0 Å². The SMILES string of the molecule is CCOC(=O)CNC(=O)c1ccc[nH]c1=S.O=C(CNC(=O)c1ccc[nH]c1=S)OCc1ccccc1. The molecule has 2 amide bonds. The molecular formula is C25H26N4O6S2. The first kappa shape index (κ1) is 29.1. The number of carbonyl (C=O) groups excluding carboxylic acids is 4. The summed E-state index contributed by atoms with van der Waals surface area (Å²) < 4.78 is 10.4. The molecule has 0 fully saturated rings. The number of aromatic amines is 2. The highest BCUT2D eigenvalue weighted by atomic mass is 32.1. The number of hydrogen-bond donors (Lipinski definition) is 4. The van der Waals surface area contributed by atoms with Crippen LogP contribution in [0.2, 0.25) is 0 Å². The first-order chi connectivity index (χ1) is 17.8. The standard InChI is InChI=1S/C15H14N2O3S.C10H12N2O3S/c18-13(20-10-11-5-2-1-3-6-11)9-17-14(19)12-7-4-8-16-15(12)21;1-2-15-8(13)6-12-9(14)7-4-3-5-11-10(7)16/h1-8H,9-10H2,(H,16,21)(H,17,19);3-5H,2,6H2,1H3,(H,11,16)(H,12,14). The van der Waals surface area contributed by atoms with Gasteiger partial charge in [-0.15, -0.1) is 0 Å². The largest absolute Gasteiger partial charge is 0.465 e. The van der Waals surface area contributed by atoms with Crippen LogP contribution < -0.4 is 10.6 Å². The predicted molar refractivity (Wildman–Crippen MR) is 141 cm³/mol. The molecule has 0 aliphatic carbocycles. The number of rotatable bonds is 9. The Bertz CT molecular complexity index is 1320. The quantitative estimate of drug-likeness (QED) is 0.238. The Morgan fingerprint density at radius 2 is 1.22 bits per heavy atom. The average molecular weight is 543 g/mol. The lowest BCUT2D eigenvalue weighted by molar-refractivity contribution is -0.144. The second kappa shape index (κ2) is 15.8. The van der Waals surface area contributed by atoms with Crippen LogP contribution in [0.25, 0.3) is 0 Å². The molecule has 0 aliphatic rings. The van der Waals surface area contributed by atoms with Crippen molar-refractivity contribution in [3.8, 4) is 0 Å². The fourth-order valence-electron chi connectivity index (χ4n) is 2.70. The molecule has 0 bridgehead atoms. The van der Waals surface area contributed by atoms with Crippen molar-refractivity contribution in [3.05, 3.63) is 93.0 Å². The molecule has 3 aromatic rings. The number of amides is 2. The number of carbonyl (C=O) groups is 4. The van der Waals surface area contributed by atoms with Crippen molar-refractivity contribution >= 4 is 48.2 Å². The van der Waals surface area contributed by atoms with E-state index in [2.05, 4.69) is 25.3 Å². The zero-order chi connectivity index (χ0) is 27.0. The highest BCUT2D eigenvalue weighted by Gasteiger charge is 2.11. The lowest BCUT2D eigenvalue weighted by atomic mass is 10.2. The van der Waals surface area contributed by atoms with Crippen LogP contribution in [0, 0.1) is 9.28 Å². The van der Waals surface area contributed by atoms with Crippen LogP contribution in [0.3, 0.4) is 0 Å². The molecule has 0 saturated heterocycles. The minimum atomic E-state index is -0.502. The Balaban J connectivity index is 0.000000271. The van der Waals surface area contributed by atoms with Gasteiger partial charge in [-0.2, -0.15) is 0 Å². The third kappa shape index (κ3) is 10.5. The maximum Gasteiger partial charge on any atom is 0.325 e. The van der Waals surface area contributed by atoms with Gasteiger partial charge in [0.2, 0.25) is 0 Å². The summed E-state index contributed by atoms with van der Waals surface area (Å²) in [5, 5.41) is 4.90. The van der Waals surface area contributed by atoms with E-state index in [9.17, 15) is 19.2 Å². The molecule has 10 nitrogen and oxygen atoms in total. The molecule has 1 aromatic carbocycles. The van der Waals surface area contributed by atoms with Crippen molar-refractivity contribution in [2.45, 2.75) is 13.5 Å². The Kier molecular flexibility index (Phi) is 12.4. The van der Waals surface area contributed by atoms with Crippen LogP contribution in [0.1, 0.15) is 33.2 Å². The highest BCUT2D eigenvalue weighted by molar-refractivity contribution is 7.71. The third-order valence-corrected chi connectivity index (χ3v) is 5.14. The smallest absolute Gasteiger partial charge is 0.325 e. The van der Waals surface area contributed by atoms with E-state index in [1.54, 1.807) is 43.6 Å². The van der Waals surface area contributed by atoms with Gasteiger partial charge in [-0.3, -0.25) is 19.2 Å². The van der Waals surface area contributed by atoms with E-state index in [4.69, 9.17) is 29.2 Å². The Morgan fingerprint density at radius 1 is 0.730 bits per heavy atom. The van der Waals surface area contributed by atoms with Gasteiger partial charge in [0.05, 0.1) is 17.7 Å². The number of pyridine rings is 2. The number of ether oxygens (including phenoxy) is 2. The Hall–Kier alpha value is -4.16. The van der Waals surface area contributed by atoms with Crippen LogP contribution >= 0.6 is 24.4 Å². The van der Waals surface area contributed by atoms with E-state index in [-0.39, 0.29) is 19.7 Å². The van der Waals surface area contributed by atoms with Crippen molar-refractivity contribution in [3.63, 3.8) is 0 Å². The van der Waals surface area contributed by atoms with E-state index in [1.807, 2.05) is 30.3 Å². The molecule has 0 saturated carbocycles. The average Bonchev–Trinajstić information content (AvgIpc) is 2.91. The molecule has 0 unspecified atom stereocenters. The number of esters is 2. The van der Waals surface area contributed by atoms with Crippen molar-refractivity contribution in [1.82, 2.24) is 20.6 Å². The van der Waals surface area contributed by atoms with Crippen LogP contribution in [0.15, 0.2) is 67.0 Å². The van der Waals surface area contributed by atoms with E-state index in [1.165, 1.54) is 0 Å². The third-order valence-electron chi connectivity index (χ3n) is 4.46. The van der Waals surface area contributed by atoms with Gasteiger partial charge >= 0.3 is 11.9 Å². The molecular weight excluding hydrogens is 516 g/mol. The summed E-state index contributed by atoms with van der Waals surface area (Å²) >= 11 is 9.92. The zero-order valence-electron chi connectivity index (χ0n) is 19.9. The van der Waals surface area contributed by atoms with E-state index >= 15 is 0 Å². The van der Waals surface area contributed by atoms with Crippen LogP contribution in [-0.4, -0.2) is 53.4 Å². The van der Waals surface area contributed by atoms with Gasteiger partial charge in [0.25, 0.3) is 11.8 Å². The molecule has 2 aromatic heterocycles. The van der Waals surface area contributed by atoms with E-state index in [0.717, 1.165) is 5.56 Å². The van der Waals surface area contributed by atoms with Crippen LogP contribution in [-0.2, 0) is 25.7 Å². The van der Waals surface area contributed by atoms with Crippen molar-refractivity contribution in [2.24, 2.45) is 0 Å². The first-order valence-electron chi connectivity index (χ1n) is 11.1. The van der Waals surface area contributed by atoms with E-state index < -0.39 is 23.8 Å². The molecule has 0 aliphatic heterocycles. The number of benzene rings is 1. The summed E-state index contributed by atoms with van der Waals surface area (Å²) in [7, 11) is 0. The molecule has 194 valence electrons. The minimum absolute atomic E-state index is 0.156. The van der Waals surface area contributed by atoms with Gasteiger partial charge in [-0.05, 0) is 36.8 Å². The van der Waals surface area contributed by atoms with Gasteiger partial charge in [0, 0.05) is 12.4 Å². The second-order valence-electron chi connectivity index (χ2n) is 7.14. The molecule has 3 rings (SSSR count). The fraction of sp³-hybridized carbons (Fsp3) is 0.200. The summed E-state index contributed by atoms with van der Waals surface area (Å²) in [4.78, 5) is 51.5. The lowest BCUT2D eigenvalue weighted by Gasteiger charge is -2.06. The number of hydrogen-bond acceptors (Lipinski definition) is 8. The maximum absolute atomic E-state index is 11.8. The summed E-state index contributed by atoms with van der Waals surface area (Å²) in [6.45, 7) is 1.82. The van der Waals surface area contributed by atoms with Crippen molar-refractivity contribution < 1.29 is 28.7 Å². The minimum Gasteiger partial charge on any atom is -0.465 e. The molecule has 37 heavy (non-hydrogen) atoms. The summed E-state index contributed by atoms with van der Waals surface area (Å²) in [6.07, 6.45) is 3.26. The van der Waals surface area contributed by atoms with E-state index in [0.29, 0.717) is 27.0 Å². The highest BCUT2D eigenvalue weighted by Crippen LogP contribution is 2.02. The molecule has 4 N–H and O–H groups in total. The zero-order valence-corrected chi connectivity index (χ0v) is 21.6. The molecule has 12 heteroatoms. The van der Waals surface area contributed by atoms with Crippen LogP contribution in [0.4, 0.5) is 0 Å². The number of aromatic nitrogens is 2. The summed E-state index contributed by atoms with van der Waals surface area (Å²) in [6, 6.07) is 15.8. The van der Waals surface area contributed by atoms with Gasteiger partial charge < -0.3 is 30.1 Å². The fourth-order valence-corrected chi connectivity index (χ4v) is 3.15. The Morgan fingerprint density at radius 3 is 1.68 bits per heavy atom. The van der Waals surface area contributed by atoms with Crippen LogP contribution in [0.5, 0.6) is 0 Å². The molecule has 2 heterocycles. The normalized spacial score (nSPS) is 9.76. The first-order valence-corrected chi connectivity index (χ1v) is 11.9. The number of H-pyrrole nitrogens is 2. The monoisotopic (exact) mass is 542 g/mol. The van der Waals surface area contributed by atoms with Crippen molar-refractivity contribution in [1.29, 1.82) is 0 Å². The van der Waals surface area contributed by atoms with Gasteiger partial charge in [0.15, 0.2) is 0 Å². The molecule has 0 radical (unpaired) electrons. The lowest BCUT2D eigenvalue weighted by Crippen LogP contribution is -2.30. The topological polar surface area (TPSA) is 142 Å². The maximum atomic E-state index is 11.8. The Labute approximate surface area is 223 Å². The van der Waals surface area contributed by atoms with Gasteiger partial charge in [-0.1, -0.05) is 54.8 Å². The summed E-state index contributed by atoms with van der Waals surface area (Å²) in [5.41, 5.74) is 1.55. The summed E-state index contributed by atoms with van der Waals surface area (Å²) in [5.74, 6) is -1.77. The van der Waals surface area contributed by atoms with Gasteiger partial charge in [-0.25, -0.2) is 0 Å². The molecule has 0 spiro atoms. The van der Waals surface area contributed by atoms with Crippen molar-refractivity contribution in [2.75, 3.05) is 19.7 Å². The predicted octanol–water partition coefficient (Wildman–Crippen LogP) is 3.25. The second-order valence-corrected chi connectivity index (χ2v) is 7.96. The number of nitrogens with one attached hydrogen (secondary N) is 4. The molecule has 0 atom stereocenters.